The highest BCUT2D eigenvalue weighted by atomic mass is 14.3. The highest BCUT2D eigenvalue weighted by molar-refractivity contribution is 6.35. The summed E-state index contributed by atoms with van der Waals surface area (Å²) >= 11 is 0. The first-order valence-electron chi connectivity index (χ1n) is 47.9. The molecule has 28 aromatic rings. The molecule has 0 amide bonds. The molecule has 640 valence electrons. The molecule has 0 aliphatic heterocycles. The molecule has 0 heteroatoms. The minimum Gasteiger partial charge on any atom is -0.0622 e. The molecule has 0 saturated carbocycles. The number of hydrogen-bond donors (Lipinski definition) is 0. The van der Waals surface area contributed by atoms with E-state index in [2.05, 4.69) is 534 Å². The van der Waals surface area contributed by atoms with E-state index in [0.717, 1.165) is 0 Å². The molecular weight excluding hydrogens is 1660 g/mol. The van der Waals surface area contributed by atoms with Gasteiger partial charge in [-0.25, -0.2) is 0 Å². The van der Waals surface area contributed by atoms with Crippen LogP contribution in [0.3, 0.4) is 0 Å². The van der Waals surface area contributed by atoms with Crippen LogP contribution in [-0.4, -0.2) is 0 Å². The van der Waals surface area contributed by atoms with Gasteiger partial charge in [0.05, 0.1) is 0 Å². The Balaban J connectivity index is 0.000000110. The fourth-order valence-corrected chi connectivity index (χ4v) is 22.9. The van der Waals surface area contributed by atoms with Gasteiger partial charge in [0.1, 0.15) is 0 Å². The summed E-state index contributed by atoms with van der Waals surface area (Å²) in [6.45, 7) is 0. The van der Waals surface area contributed by atoms with E-state index in [1.54, 1.807) is 0 Å². The summed E-state index contributed by atoms with van der Waals surface area (Å²) in [4.78, 5) is 0. The lowest BCUT2D eigenvalue weighted by molar-refractivity contribution is 1.61. The molecule has 0 atom stereocenters. The topological polar surface area (TPSA) is 0 Å². The smallest absolute Gasteiger partial charge is 0.00139 e. The molecular formula is C138H88. The zero-order valence-electron chi connectivity index (χ0n) is 75.8. The van der Waals surface area contributed by atoms with Crippen molar-refractivity contribution in [2.24, 2.45) is 0 Å². The molecule has 0 nitrogen and oxygen atoms in total. The highest BCUT2D eigenvalue weighted by Crippen LogP contribution is 2.56. The van der Waals surface area contributed by atoms with E-state index in [-0.39, 0.29) is 0 Å². The molecule has 0 aliphatic rings. The maximum atomic E-state index is 2.42. The van der Waals surface area contributed by atoms with E-state index in [1.165, 1.54) is 273 Å². The lowest BCUT2D eigenvalue weighted by Crippen LogP contribution is -1.95. The van der Waals surface area contributed by atoms with Gasteiger partial charge in [0.15, 0.2) is 0 Å². The quantitative estimate of drug-likeness (QED) is 0.0946. The first-order valence-corrected chi connectivity index (χ1v) is 47.9. The summed E-state index contributed by atoms with van der Waals surface area (Å²) in [7, 11) is 0. The molecule has 138 heavy (non-hydrogen) atoms. The van der Waals surface area contributed by atoms with Gasteiger partial charge in [-0.1, -0.05) is 516 Å². The molecule has 0 radical (unpaired) electrons. The van der Waals surface area contributed by atoms with Crippen LogP contribution in [-0.2, 0) is 0 Å². The van der Waals surface area contributed by atoms with Crippen molar-refractivity contribution in [1.82, 2.24) is 0 Å². The molecule has 28 rings (SSSR count). The maximum Gasteiger partial charge on any atom is -0.00139 e. The summed E-state index contributed by atoms with van der Waals surface area (Å²) in [5.74, 6) is 0. The third-order valence-electron chi connectivity index (χ3n) is 28.9. The first kappa shape index (κ1) is 80.9. The van der Waals surface area contributed by atoms with Crippen LogP contribution in [0.15, 0.2) is 534 Å². The Kier molecular flexibility index (Phi) is 20.1. The minimum atomic E-state index is 1.23. The number of rotatable bonds is 10. The predicted molar refractivity (Wildman–Crippen MR) is 596 cm³/mol. The van der Waals surface area contributed by atoms with Crippen molar-refractivity contribution < 1.29 is 0 Å². The molecule has 0 heterocycles. The van der Waals surface area contributed by atoms with Crippen molar-refractivity contribution in [2.45, 2.75) is 0 Å². The van der Waals surface area contributed by atoms with Crippen LogP contribution in [0.2, 0.25) is 0 Å². The SMILES string of the molecule is c1ccc(-c2c3ccccc3c(-c3ccc(-c4ccc5ccccc5c4)cc3)c3ccccc23)cc1.c1ccc(-c2ccc(-c3c4ccccc4c(-c4c5ccccc5c(-c5ccccc5)c5ccccc45)c4ccccc34)cc2)cc1.c1ccc2c(c1)cc(-c1c3ccccc3c(-c3c4ccccc4c(-c4cc5ccccc5c5ccccc45)c4ccccc34)c3ccccc13)c1ccccc12. The Morgan fingerprint density at radius 2 is 0.239 bits per heavy atom. The molecule has 0 unspecified atom stereocenters. The number of hydrogen-bond acceptors (Lipinski definition) is 0. The standard InChI is InChI=1S/C56H34.C46H30.C36H24/c1-3-19-37-35(17-1)33-51(41-23-7-5-21-39(37)41)53-43-25-9-13-29-47(43)55(48-30-14-10-26-44(48)53)56-49-31-15-11-27-45(49)54(46-28-12-16-32-50(46)56)52-34-36-18-2-4-20-38(36)40-22-6-8-24-42(40)52;1-3-15-31(16-4-1)32-27-29-34(30-28-32)44-37-21-9-13-25-41(37)46(42-26-14-10-22-38(42)44)45-39-23-11-7-19-35(39)43(33-17-5-2-6-18-33)36-20-8-12-24-40(36)45;1-2-11-27(12-3-1)35-31-14-6-8-16-33(31)36(34-17-9-7-15-32(34)35)28-21-18-26(19-22-28)30-23-20-25-10-4-5-13-29(25)24-30/h1-34H;1-30H;1-24H. The Labute approximate surface area is 800 Å². The summed E-state index contributed by atoms with van der Waals surface area (Å²) < 4.78 is 0. The second-order valence-electron chi connectivity index (χ2n) is 36.4. The van der Waals surface area contributed by atoms with Crippen LogP contribution in [0, 0.1) is 0 Å². The van der Waals surface area contributed by atoms with Crippen LogP contribution in [0.4, 0.5) is 0 Å². The van der Waals surface area contributed by atoms with E-state index in [0.29, 0.717) is 0 Å². The highest BCUT2D eigenvalue weighted by Gasteiger charge is 2.28. The van der Waals surface area contributed by atoms with E-state index >= 15 is 0 Å². The van der Waals surface area contributed by atoms with Gasteiger partial charge in [0.2, 0.25) is 0 Å². The van der Waals surface area contributed by atoms with E-state index in [9.17, 15) is 0 Å². The largest absolute Gasteiger partial charge is 0.0622 e. The third-order valence-corrected chi connectivity index (χ3v) is 28.9. The van der Waals surface area contributed by atoms with E-state index in [4.69, 9.17) is 0 Å². The van der Waals surface area contributed by atoms with Crippen molar-refractivity contribution in [1.29, 1.82) is 0 Å². The maximum absolute atomic E-state index is 2.42. The average Bonchev–Trinajstić information content (AvgIpc) is 0.704. The summed E-state index contributed by atoms with van der Waals surface area (Å²) in [6, 6.07) is 196. The Morgan fingerprint density at radius 3 is 0.514 bits per heavy atom. The van der Waals surface area contributed by atoms with Crippen molar-refractivity contribution in [3.8, 4) is 111 Å². The summed E-state index contributed by atoms with van der Waals surface area (Å²) in [5.41, 5.74) is 25.4. The molecule has 0 fully saturated rings. The fraction of sp³-hybridized carbons (Fsp3) is 0. The normalized spacial score (nSPS) is 11.6. The molecule has 0 aromatic heterocycles. The molecule has 0 saturated heterocycles. The Morgan fingerprint density at radius 1 is 0.0725 bits per heavy atom. The Bertz CT molecular complexity index is 9210. The van der Waals surface area contributed by atoms with E-state index < -0.39 is 0 Å². The van der Waals surface area contributed by atoms with Crippen LogP contribution in [0.1, 0.15) is 0 Å². The van der Waals surface area contributed by atoms with Gasteiger partial charge in [0.25, 0.3) is 0 Å². The van der Waals surface area contributed by atoms with Crippen molar-refractivity contribution in [3.05, 3.63) is 534 Å². The molecule has 28 aromatic carbocycles. The summed E-state index contributed by atoms with van der Waals surface area (Å²) in [5, 5.41) is 38.2. The predicted octanol–water partition coefficient (Wildman–Crippen LogP) is 39.0. The van der Waals surface area contributed by atoms with Crippen LogP contribution < -0.4 is 0 Å². The number of fused-ring (bicyclic) bond motifs is 17. The van der Waals surface area contributed by atoms with Crippen LogP contribution >= 0.6 is 0 Å². The lowest BCUT2D eigenvalue weighted by atomic mass is 9.80. The molecule has 0 spiro atoms. The van der Waals surface area contributed by atoms with Gasteiger partial charge in [-0.3, -0.25) is 0 Å². The minimum absolute atomic E-state index is 1.23. The summed E-state index contributed by atoms with van der Waals surface area (Å²) in [6.07, 6.45) is 0. The second kappa shape index (κ2) is 34.3. The van der Waals surface area contributed by atoms with Gasteiger partial charge in [-0.15, -0.1) is 0 Å². The fourth-order valence-electron chi connectivity index (χ4n) is 22.9. The van der Waals surface area contributed by atoms with E-state index in [1.807, 2.05) is 0 Å². The van der Waals surface area contributed by atoms with Crippen molar-refractivity contribution in [2.75, 3.05) is 0 Å². The molecule has 0 bridgehead atoms. The van der Waals surface area contributed by atoms with Gasteiger partial charge in [-0.2, -0.15) is 0 Å². The lowest BCUT2D eigenvalue weighted by Gasteiger charge is -2.23. The zero-order valence-corrected chi connectivity index (χ0v) is 75.8. The third kappa shape index (κ3) is 13.7. The van der Waals surface area contributed by atoms with Crippen LogP contribution in [0.25, 0.3) is 273 Å². The first-order chi connectivity index (χ1) is 68.6. The van der Waals surface area contributed by atoms with Crippen LogP contribution in [0.5, 0.6) is 0 Å². The van der Waals surface area contributed by atoms with Gasteiger partial charge in [-0.05, 0) is 291 Å². The molecule has 0 N–H and O–H groups in total. The molecule has 0 aliphatic carbocycles. The van der Waals surface area contributed by atoms with Gasteiger partial charge >= 0.3 is 0 Å². The monoisotopic (exact) mass is 1740 g/mol. The van der Waals surface area contributed by atoms with Gasteiger partial charge in [0, 0.05) is 0 Å². The number of benzene rings is 28. The second-order valence-corrected chi connectivity index (χ2v) is 36.4. The van der Waals surface area contributed by atoms with Gasteiger partial charge < -0.3 is 0 Å². The zero-order chi connectivity index (χ0) is 91.1. The van der Waals surface area contributed by atoms with Crippen molar-refractivity contribution >= 4 is 162 Å². The van der Waals surface area contributed by atoms with Crippen molar-refractivity contribution in [3.63, 3.8) is 0 Å². The average molecular weight is 1750 g/mol. The Hall–Kier alpha value is -17.9.